The van der Waals surface area contributed by atoms with Crippen molar-refractivity contribution in [1.82, 2.24) is 14.5 Å². The Morgan fingerprint density at radius 3 is 2.75 bits per heavy atom. The summed E-state index contributed by atoms with van der Waals surface area (Å²) < 4.78 is 7.28. The van der Waals surface area contributed by atoms with Crippen molar-refractivity contribution < 1.29 is 9.22 Å². The Bertz CT molecular complexity index is 976. The molecule has 3 heterocycles. The number of rotatable bonds is 5. The number of halogens is 1. The van der Waals surface area contributed by atoms with Crippen LogP contribution in [-0.2, 0) is 9.22 Å². The Balaban J connectivity index is 1.56. The van der Waals surface area contributed by atoms with Gasteiger partial charge < -0.3 is 15.5 Å². The van der Waals surface area contributed by atoms with E-state index in [4.69, 9.17) is 26.1 Å². The van der Waals surface area contributed by atoms with E-state index in [1.54, 1.807) is 0 Å². The molecule has 2 fully saturated rings. The Morgan fingerprint density at radius 1 is 1.16 bits per heavy atom. The molecule has 0 radical (unpaired) electrons. The monoisotopic (exact) mass is 471 g/mol. The molecule has 8 heteroatoms. The molecule has 1 aliphatic carbocycles. The molecule has 0 aromatic heterocycles. The number of hydrogen-bond donors (Lipinski definition) is 1. The van der Waals surface area contributed by atoms with Gasteiger partial charge in [-0.15, -0.1) is 10.0 Å². The van der Waals surface area contributed by atoms with Crippen molar-refractivity contribution in [3.63, 3.8) is 0 Å². The largest absolute Gasteiger partial charge is 0.663 e. The van der Waals surface area contributed by atoms with Gasteiger partial charge in [0.25, 0.3) is 0 Å². The van der Waals surface area contributed by atoms with Crippen molar-refractivity contribution in [2.45, 2.75) is 12.8 Å². The zero-order valence-electron chi connectivity index (χ0n) is 18.2. The maximum atomic E-state index is 6.46. The minimum Gasteiger partial charge on any atom is -0.663 e. The van der Waals surface area contributed by atoms with Gasteiger partial charge in [0, 0.05) is 50.0 Å². The van der Waals surface area contributed by atoms with E-state index < -0.39 is 0 Å². The van der Waals surface area contributed by atoms with Gasteiger partial charge in [0.05, 0.1) is 7.11 Å². The number of piperidine rings is 1. The van der Waals surface area contributed by atoms with E-state index in [9.17, 15) is 0 Å². The predicted octanol–water partition coefficient (Wildman–Crippen LogP) is 4.99. The molecule has 1 aromatic rings. The van der Waals surface area contributed by atoms with E-state index in [1.165, 1.54) is 47.3 Å². The highest BCUT2D eigenvalue weighted by atomic mass is 35.5. The molecule has 0 amide bonds. The summed E-state index contributed by atoms with van der Waals surface area (Å²) in [5, 5.41) is 9.18. The molecule has 32 heavy (non-hydrogen) atoms. The number of fused-ring (bicyclic) bond motifs is 2. The Labute approximate surface area is 199 Å². The summed E-state index contributed by atoms with van der Waals surface area (Å²) in [5.41, 5.74) is 7.34. The van der Waals surface area contributed by atoms with Crippen LogP contribution in [0.5, 0.6) is 0 Å². The van der Waals surface area contributed by atoms with Gasteiger partial charge in [-0.1, -0.05) is 35.4 Å². The summed E-state index contributed by atoms with van der Waals surface area (Å²) in [6.45, 7) is 5.83. The van der Waals surface area contributed by atoms with Crippen molar-refractivity contribution in [3.05, 3.63) is 75.0 Å². The SMILES string of the molecule is COOSN1CCC(C2=C3[N-]C=CC=C3C(N3CCNCC3)=Cc3cc(Cl)ccc32)CC1. The second-order valence-corrected chi connectivity index (χ2v) is 9.56. The lowest BCUT2D eigenvalue weighted by atomic mass is 9.82. The number of nitrogens with one attached hydrogen (secondary N) is 1. The standard InChI is InChI=1S/C24H28ClN4O2S/c1-30-31-32-29-11-6-17(7-12-29)23-20-5-4-19(25)15-18(20)16-22(28-13-9-26-10-14-28)21-3-2-8-27-24(21)23/h2-5,8,15-17,26H,6-7,9-14H2,1H3/q-1. The maximum Gasteiger partial charge on any atom is 0.121 e. The third-order valence-electron chi connectivity index (χ3n) is 6.46. The molecule has 0 spiro atoms. The fourth-order valence-electron chi connectivity index (χ4n) is 4.95. The molecule has 3 aliphatic heterocycles. The van der Waals surface area contributed by atoms with Crippen LogP contribution < -0.4 is 5.32 Å². The van der Waals surface area contributed by atoms with Gasteiger partial charge in [0.2, 0.25) is 0 Å². The minimum absolute atomic E-state index is 0.416. The van der Waals surface area contributed by atoms with Gasteiger partial charge >= 0.3 is 0 Å². The highest BCUT2D eigenvalue weighted by molar-refractivity contribution is 7.92. The third-order valence-corrected chi connectivity index (χ3v) is 7.47. The molecule has 2 saturated heterocycles. The van der Waals surface area contributed by atoms with E-state index in [0.29, 0.717) is 5.92 Å². The van der Waals surface area contributed by atoms with Crippen molar-refractivity contribution in [3.8, 4) is 0 Å². The molecule has 6 nitrogen and oxygen atoms in total. The minimum atomic E-state index is 0.416. The average molecular weight is 472 g/mol. The van der Waals surface area contributed by atoms with E-state index >= 15 is 0 Å². The highest BCUT2D eigenvalue weighted by Gasteiger charge is 2.29. The molecule has 0 saturated carbocycles. The lowest BCUT2D eigenvalue weighted by molar-refractivity contribution is -0.163. The molecule has 0 atom stereocenters. The fraction of sp³-hybridized carbons (Fsp3) is 0.417. The summed E-state index contributed by atoms with van der Waals surface area (Å²) in [6, 6.07) is 6.28. The third kappa shape index (κ3) is 4.51. The fourth-order valence-corrected chi connectivity index (χ4v) is 5.64. The van der Waals surface area contributed by atoms with E-state index in [2.05, 4.69) is 44.9 Å². The lowest BCUT2D eigenvalue weighted by Gasteiger charge is -2.40. The second kappa shape index (κ2) is 10.0. The molecular weight excluding hydrogens is 444 g/mol. The normalized spacial score (nSPS) is 22.0. The first kappa shape index (κ1) is 22.1. The van der Waals surface area contributed by atoms with Crippen molar-refractivity contribution >= 4 is 35.5 Å². The Morgan fingerprint density at radius 2 is 1.97 bits per heavy atom. The molecule has 4 aliphatic rings. The number of benzene rings is 1. The number of nitrogens with zero attached hydrogens (tertiary/aromatic N) is 3. The van der Waals surface area contributed by atoms with Gasteiger partial charge in [-0.25, -0.2) is 9.19 Å². The van der Waals surface area contributed by atoms with Crippen LogP contribution in [0.3, 0.4) is 0 Å². The van der Waals surface area contributed by atoms with Crippen LogP contribution in [0.1, 0.15) is 24.0 Å². The van der Waals surface area contributed by atoms with Gasteiger partial charge in [-0.2, -0.15) is 6.20 Å². The van der Waals surface area contributed by atoms with Gasteiger partial charge in [-0.05, 0) is 53.7 Å². The first-order valence-electron chi connectivity index (χ1n) is 11.2. The molecule has 1 aromatic carbocycles. The first-order chi connectivity index (χ1) is 15.7. The maximum absolute atomic E-state index is 6.46. The summed E-state index contributed by atoms with van der Waals surface area (Å²) in [5.74, 6) is 0.416. The van der Waals surface area contributed by atoms with Gasteiger partial charge in [0.15, 0.2) is 0 Å². The zero-order valence-corrected chi connectivity index (χ0v) is 19.8. The summed E-state index contributed by atoms with van der Waals surface area (Å²) in [4.78, 5) is 7.23. The van der Waals surface area contributed by atoms with Crippen molar-refractivity contribution in [2.75, 3.05) is 46.4 Å². The topological polar surface area (TPSA) is 51.1 Å². The van der Waals surface area contributed by atoms with Gasteiger partial charge in [-0.3, -0.25) is 0 Å². The quantitative estimate of drug-likeness (QED) is 0.282. The smallest absolute Gasteiger partial charge is 0.121 e. The predicted molar refractivity (Wildman–Crippen MR) is 131 cm³/mol. The highest BCUT2D eigenvalue weighted by Crippen LogP contribution is 2.46. The summed E-state index contributed by atoms with van der Waals surface area (Å²) in [6.07, 6.45) is 10.6. The summed E-state index contributed by atoms with van der Waals surface area (Å²) in [7, 11) is 1.54. The average Bonchev–Trinajstić information content (AvgIpc) is 2.98. The second-order valence-electron chi connectivity index (χ2n) is 8.32. The van der Waals surface area contributed by atoms with Crippen molar-refractivity contribution in [1.29, 1.82) is 0 Å². The van der Waals surface area contributed by atoms with Crippen LogP contribution in [0.15, 0.2) is 53.5 Å². The molecule has 5 rings (SSSR count). The van der Waals surface area contributed by atoms with Crippen LogP contribution in [-0.4, -0.2) is 55.6 Å². The van der Waals surface area contributed by atoms with Crippen LogP contribution in [0.4, 0.5) is 0 Å². The number of allylic oxidation sites excluding steroid dienone is 3. The molecule has 0 unspecified atom stereocenters. The number of piperazine rings is 1. The van der Waals surface area contributed by atoms with Gasteiger partial charge in [0.1, 0.15) is 12.2 Å². The van der Waals surface area contributed by atoms with Crippen LogP contribution in [0, 0.1) is 5.92 Å². The van der Waals surface area contributed by atoms with Crippen LogP contribution >= 0.6 is 23.8 Å². The Hall–Kier alpha value is -1.74. The molecule has 1 N–H and O–H groups in total. The van der Waals surface area contributed by atoms with Crippen LogP contribution in [0.25, 0.3) is 17.0 Å². The molecular formula is C24H28ClN4O2S-. The lowest BCUT2D eigenvalue weighted by Crippen LogP contribution is -2.43. The summed E-state index contributed by atoms with van der Waals surface area (Å²) >= 11 is 7.75. The van der Waals surface area contributed by atoms with E-state index in [0.717, 1.165) is 62.8 Å². The Kier molecular flexibility index (Phi) is 6.92. The molecule has 0 bridgehead atoms. The van der Waals surface area contributed by atoms with Crippen molar-refractivity contribution in [2.24, 2.45) is 5.92 Å². The van der Waals surface area contributed by atoms with Crippen LogP contribution in [0.2, 0.25) is 5.02 Å². The first-order valence-corrected chi connectivity index (χ1v) is 12.2. The zero-order chi connectivity index (χ0) is 21.9. The molecule has 170 valence electrons. The number of hydrogen-bond acceptors (Lipinski definition) is 6. The van der Waals surface area contributed by atoms with E-state index in [1.807, 2.05) is 12.3 Å². The van der Waals surface area contributed by atoms with E-state index in [-0.39, 0.29) is 0 Å².